The second-order valence-electron chi connectivity index (χ2n) is 13.1. The fraction of sp³-hybridized carbons (Fsp3) is 0.531. The van der Waals surface area contributed by atoms with E-state index in [1.54, 1.807) is 4.68 Å². The van der Waals surface area contributed by atoms with E-state index in [1.807, 2.05) is 37.5 Å². The van der Waals surface area contributed by atoms with Crippen molar-refractivity contribution in [2.24, 2.45) is 24.3 Å². The number of carbonyl (C=O) groups is 2. The number of aryl methyl sites for hydroxylation is 2. The Hall–Kier alpha value is -3.57. The topological polar surface area (TPSA) is 120 Å². The zero-order valence-electron chi connectivity index (χ0n) is 25.4. The molecule has 2 aromatic heterocycles. The van der Waals surface area contributed by atoms with Gasteiger partial charge in [-0.15, -0.1) is 0 Å². The molecule has 10 nitrogen and oxygen atoms in total. The fourth-order valence-electron chi connectivity index (χ4n) is 7.44. The Balaban J connectivity index is 1.21. The molecule has 226 valence electrons. The third-order valence-electron chi connectivity index (χ3n) is 10.0. The van der Waals surface area contributed by atoms with E-state index in [0.29, 0.717) is 24.0 Å². The predicted octanol–water partition coefficient (Wildman–Crippen LogP) is 3.33. The third kappa shape index (κ3) is 5.97. The average Bonchev–Trinajstić information content (AvgIpc) is 3.58. The molecule has 0 spiro atoms. The molecule has 1 aromatic carbocycles. The molecule has 43 heavy (non-hydrogen) atoms. The van der Waals surface area contributed by atoms with Gasteiger partial charge in [0.1, 0.15) is 11.7 Å². The largest absolute Gasteiger partial charge is 0.481 e. The molecule has 2 bridgehead atoms. The van der Waals surface area contributed by atoms with E-state index in [0.717, 1.165) is 25.7 Å². The molecule has 2 N–H and O–H groups in total. The second-order valence-corrected chi connectivity index (χ2v) is 13.1. The monoisotopic (exact) mass is 584 g/mol. The zero-order chi connectivity index (χ0) is 30.2. The second kappa shape index (κ2) is 11.8. The molecule has 3 aromatic rings. The Morgan fingerprint density at radius 2 is 1.93 bits per heavy atom. The van der Waals surface area contributed by atoms with Gasteiger partial charge in [0, 0.05) is 32.1 Å². The van der Waals surface area contributed by atoms with Gasteiger partial charge in [-0.05, 0) is 67.9 Å². The number of carbonyl (C=O) groups excluding carboxylic acids is 2. The van der Waals surface area contributed by atoms with Crippen LogP contribution in [-0.2, 0) is 34.0 Å². The van der Waals surface area contributed by atoms with Crippen molar-refractivity contribution in [3.63, 3.8) is 0 Å². The molecule has 3 aliphatic carbocycles. The fourth-order valence-corrected chi connectivity index (χ4v) is 7.44. The normalized spacial score (nSPS) is 26.6. The number of hydrogen-bond donors (Lipinski definition) is 2. The Kier molecular flexibility index (Phi) is 8.13. The molecule has 7 rings (SSSR count). The van der Waals surface area contributed by atoms with Gasteiger partial charge >= 0.3 is 7.12 Å². The molecule has 4 fully saturated rings. The Morgan fingerprint density at radius 3 is 2.63 bits per heavy atom. The number of rotatable bonds is 11. The lowest BCUT2D eigenvalue weighted by atomic mass is 9.43. The summed E-state index contributed by atoms with van der Waals surface area (Å²) in [7, 11) is 1.25. The molecule has 4 aliphatic rings. The minimum atomic E-state index is -0.882. The highest BCUT2D eigenvalue weighted by molar-refractivity contribution is 6.47. The third-order valence-corrected chi connectivity index (χ3v) is 10.0. The molecule has 0 unspecified atom stereocenters. The summed E-state index contributed by atoms with van der Waals surface area (Å²) in [6.45, 7) is 6.86. The highest BCUT2D eigenvalue weighted by Gasteiger charge is 2.68. The van der Waals surface area contributed by atoms with Crippen LogP contribution in [0.1, 0.15) is 68.2 Å². The zero-order valence-corrected chi connectivity index (χ0v) is 25.4. The van der Waals surface area contributed by atoms with Gasteiger partial charge in [-0.25, -0.2) is 4.98 Å². The summed E-state index contributed by atoms with van der Waals surface area (Å²) in [6, 6.07) is 11.3. The van der Waals surface area contributed by atoms with Gasteiger partial charge in [0.25, 0.3) is 5.91 Å². The lowest BCUT2D eigenvalue weighted by Gasteiger charge is -2.64. The van der Waals surface area contributed by atoms with Crippen molar-refractivity contribution in [2.45, 2.75) is 83.0 Å². The van der Waals surface area contributed by atoms with E-state index >= 15 is 0 Å². The summed E-state index contributed by atoms with van der Waals surface area (Å²) in [4.78, 5) is 35.2. The van der Waals surface area contributed by atoms with E-state index in [2.05, 4.69) is 58.6 Å². The number of nitrogens with one attached hydrogen (secondary N) is 2. The average molecular weight is 585 g/mol. The summed E-state index contributed by atoms with van der Waals surface area (Å²) in [6.07, 6.45) is 10.9. The maximum atomic E-state index is 14.0. The summed E-state index contributed by atoms with van der Waals surface area (Å²) in [5.74, 6) is -0.137. The van der Waals surface area contributed by atoms with Crippen molar-refractivity contribution in [1.82, 2.24) is 30.4 Å². The van der Waals surface area contributed by atoms with Gasteiger partial charge in [0.05, 0.1) is 29.5 Å². The first-order valence-electron chi connectivity index (χ1n) is 15.4. The van der Waals surface area contributed by atoms with Crippen LogP contribution in [0.3, 0.4) is 0 Å². The van der Waals surface area contributed by atoms with Crippen molar-refractivity contribution in [3.8, 4) is 0 Å². The summed E-state index contributed by atoms with van der Waals surface area (Å²) < 4.78 is 15.1. The van der Waals surface area contributed by atoms with Gasteiger partial charge < -0.3 is 19.9 Å². The van der Waals surface area contributed by atoms with E-state index in [9.17, 15) is 9.59 Å². The summed E-state index contributed by atoms with van der Waals surface area (Å²) in [5, 5.41) is 10.5. The van der Waals surface area contributed by atoms with Crippen LogP contribution in [0.25, 0.3) is 0 Å². The Labute approximate surface area is 253 Å². The van der Waals surface area contributed by atoms with Gasteiger partial charge in [0.2, 0.25) is 5.91 Å². The number of benzene rings is 1. The molecule has 3 saturated carbocycles. The Bertz CT molecular complexity index is 1440. The minimum Gasteiger partial charge on any atom is -0.404 e. The first kappa shape index (κ1) is 29.5. The lowest BCUT2D eigenvalue weighted by Crippen LogP contribution is -2.65. The number of amides is 2. The molecular formula is C32H41BN6O4. The van der Waals surface area contributed by atoms with Crippen molar-refractivity contribution in [2.75, 3.05) is 0 Å². The van der Waals surface area contributed by atoms with Crippen LogP contribution in [0, 0.1) is 17.3 Å². The van der Waals surface area contributed by atoms with Gasteiger partial charge in [-0.2, -0.15) is 5.10 Å². The molecule has 11 heteroatoms. The van der Waals surface area contributed by atoms with Crippen molar-refractivity contribution in [3.05, 3.63) is 78.1 Å². The SMILES string of the molecule is Cn1ccc(C[C@H](NC(=O)c2cnccn2)C(=O)N[C@@H](CCCc2ccccc2)B2O[C@@H]3C[C@@H]4C[C@@H](C4(C)C)[C@]3(C)O2)n1. The van der Waals surface area contributed by atoms with Crippen LogP contribution < -0.4 is 10.6 Å². The quantitative estimate of drug-likeness (QED) is 0.332. The maximum absolute atomic E-state index is 14.0. The van der Waals surface area contributed by atoms with Crippen LogP contribution in [0.2, 0.25) is 0 Å². The van der Waals surface area contributed by atoms with Crippen LogP contribution in [0.5, 0.6) is 0 Å². The molecule has 3 heterocycles. The van der Waals surface area contributed by atoms with E-state index in [1.165, 1.54) is 24.2 Å². The summed E-state index contributed by atoms with van der Waals surface area (Å²) >= 11 is 0. The van der Waals surface area contributed by atoms with Crippen LogP contribution >= 0.6 is 0 Å². The number of aromatic nitrogens is 4. The van der Waals surface area contributed by atoms with Gasteiger partial charge in [0.15, 0.2) is 0 Å². The van der Waals surface area contributed by atoms with Gasteiger partial charge in [-0.1, -0.05) is 44.2 Å². The minimum absolute atomic E-state index is 0.00322. The number of nitrogens with zero attached hydrogens (tertiary/aromatic N) is 4. The van der Waals surface area contributed by atoms with Crippen LogP contribution in [-0.4, -0.2) is 62.4 Å². The van der Waals surface area contributed by atoms with E-state index in [4.69, 9.17) is 9.31 Å². The summed E-state index contributed by atoms with van der Waals surface area (Å²) in [5.41, 5.74) is 1.90. The molecule has 2 amide bonds. The van der Waals surface area contributed by atoms with Crippen molar-refractivity contribution >= 4 is 18.9 Å². The highest BCUT2D eigenvalue weighted by Crippen LogP contribution is 2.65. The maximum Gasteiger partial charge on any atom is 0.481 e. The van der Waals surface area contributed by atoms with Gasteiger partial charge in [-0.3, -0.25) is 19.3 Å². The predicted molar refractivity (Wildman–Crippen MR) is 162 cm³/mol. The van der Waals surface area contributed by atoms with E-state index in [-0.39, 0.29) is 29.5 Å². The van der Waals surface area contributed by atoms with Crippen LogP contribution in [0.4, 0.5) is 0 Å². The Morgan fingerprint density at radius 1 is 1.12 bits per heavy atom. The highest BCUT2D eigenvalue weighted by atomic mass is 16.7. The number of hydrogen-bond acceptors (Lipinski definition) is 7. The first-order chi connectivity index (χ1) is 20.6. The molecule has 1 aliphatic heterocycles. The molecule has 0 radical (unpaired) electrons. The van der Waals surface area contributed by atoms with Crippen molar-refractivity contribution in [1.29, 1.82) is 0 Å². The molecule has 1 saturated heterocycles. The van der Waals surface area contributed by atoms with E-state index < -0.39 is 30.6 Å². The first-order valence-corrected chi connectivity index (χ1v) is 15.4. The van der Waals surface area contributed by atoms with Crippen molar-refractivity contribution < 1.29 is 18.9 Å². The molecule has 6 atom stereocenters. The molecular weight excluding hydrogens is 543 g/mol. The van der Waals surface area contributed by atoms with Crippen LogP contribution in [0.15, 0.2) is 61.2 Å². The lowest BCUT2D eigenvalue weighted by molar-refractivity contribution is -0.199. The standard InChI is InChI=1S/C32H41BN6O4/c1-31(2)22-17-26(31)32(3)27(18-22)42-33(43-32)28(12-8-11-21-9-6-5-7-10-21)37-29(40)24(19-23-13-16-39(4)38-23)36-30(41)25-20-34-14-15-35-25/h5-7,9-10,13-16,20,22,24,26-28H,8,11-12,17-19H2,1-4H3,(H,36,41)(H,37,40)/t22-,24-,26-,27+,28-,32-/m0/s1. The smallest absolute Gasteiger partial charge is 0.404 e.